The van der Waals surface area contributed by atoms with E-state index in [2.05, 4.69) is 16.7 Å². The summed E-state index contributed by atoms with van der Waals surface area (Å²) in [4.78, 5) is 46.2. The molecule has 1 atom stereocenters. The lowest BCUT2D eigenvalue weighted by molar-refractivity contribution is -0.143. The highest BCUT2D eigenvalue weighted by Gasteiger charge is 2.47. The van der Waals surface area contributed by atoms with Crippen molar-refractivity contribution in [2.45, 2.75) is 51.9 Å². The fourth-order valence-corrected chi connectivity index (χ4v) is 5.91. The minimum Gasteiger partial charge on any atom is -0.345 e. The molecule has 0 saturated carbocycles. The standard InChI is InChI=1S/C23H38N4O3/c1-18-4-3-10-27(16-18)21(29)19-5-11-26(12-6-19)20(28)17-25-14-8-23(9-15-25)7-13-24(2)22(23)30/h18-19H,3-17H2,1-2H3. The van der Waals surface area contributed by atoms with Crippen LogP contribution in [0.2, 0.25) is 0 Å². The Labute approximate surface area is 180 Å². The Morgan fingerprint density at radius 1 is 0.933 bits per heavy atom. The van der Waals surface area contributed by atoms with Gasteiger partial charge in [0.25, 0.3) is 0 Å². The molecule has 0 aliphatic carbocycles. The summed E-state index contributed by atoms with van der Waals surface area (Å²) in [6.45, 7) is 8.37. The SMILES string of the molecule is CC1CCCN(C(=O)C2CCN(C(=O)CN3CCC4(CC3)CCN(C)C4=O)CC2)C1. The molecule has 0 aromatic heterocycles. The zero-order valence-electron chi connectivity index (χ0n) is 18.8. The van der Waals surface area contributed by atoms with E-state index >= 15 is 0 Å². The Kier molecular flexibility index (Phi) is 6.37. The van der Waals surface area contributed by atoms with E-state index in [-0.39, 0.29) is 17.2 Å². The molecule has 7 nitrogen and oxygen atoms in total. The third kappa shape index (κ3) is 4.36. The average molecular weight is 419 g/mol. The van der Waals surface area contributed by atoms with Crippen LogP contribution in [0.5, 0.6) is 0 Å². The van der Waals surface area contributed by atoms with Gasteiger partial charge in [0.15, 0.2) is 0 Å². The van der Waals surface area contributed by atoms with Crippen molar-refractivity contribution in [2.24, 2.45) is 17.3 Å². The van der Waals surface area contributed by atoms with E-state index in [4.69, 9.17) is 0 Å². The van der Waals surface area contributed by atoms with E-state index in [0.29, 0.717) is 37.4 Å². The van der Waals surface area contributed by atoms with Crippen LogP contribution in [0.1, 0.15) is 51.9 Å². The fourth-order valence-electron chi connectivity index (χ4n) is 5.91. The molecule has 4 saturated heterocycles. The van der Waals surface area contributed by atoms with Crippen LogP contribution in [0.4, 0.5) is 0 Å². The quantitative estimate of drug-likeness (QED) is 0.696. The smallest absolute Gasteiger partial charge is 0.236 e. The monoisotopic (exact) mass is 418 g/mol. The summed E-state index contributed by atoms with van der Waals surface area (Å²) >= 11 is 0. The number of rotatable bonds is 3. The Morgan fingerprint density at radius 3 is 2.20 bits per heavy atom. The summed E-state index contributed by atoms with van der Waals surface area (Å²) in [7, 11) is 1.90. The molecule has 1 spiro atoms. The van der Waals surface area contributed by atoms with Gasteiger partial charge in [-0.1, -0.05) is 6.92 Å². The predicted molar refractivity (Wildman–Crippen MR) is 115 cm³/mol. The molecular weight excluding hydrogens is 380 g/mol. The number of likely N-dealkylation sites (tertiary alicyclic amines) is 4. The second kappa shape index (κ2) is 8.85. The van der Waals surface area contributed by atoms with Crippen LogP contribution in [0.15, 0.2) is 0 Å². The first-order chi connectivity index (χ1) is 14.4. The van der Waals surface area contributed by atoms with Gasteiger partial charge in [0.1, 0.15) is 0 Å². The number of hydrogen-bond acceptors (Lipinski definition) is 4. The third-order valence-corrected chi connectivity index (χ3v) is 8.06. The zero-order valence-corrected chi connectivity index (χ0v) is 18.8. The number of nitrogens with zero attached hydrogens (tertiary/aromatic N) is 4. The van der Waals surface area contributed by atoms with E-state index < -0.39 is 0 Å². The maximum absolute atomic E-state index is 12.8. The first-order valence-corrected chi connectivity index (χ1v) is 11.9. The lowest BCUT2D eigenvalue weighted by atomic mass is 9.77. The molecule has 0 radical (unpaired) electrons. The van der Waals surface area contributed by atoms with Crippen molar-refractivity contribution >= 4 is 17.7 Å². The van der Waals surface area contributed by atoms with Crippen molar-refractivity contribution < 1.29 is 14.4 Å². The molecule has 0 aromatic rings. The summed E-state index contributed by atoms with van der Waals surface area (Å²) in [5.74, 6) is 1.47. The second-order valence-electron chi connectivity index (χ2n) is 10.2. The first kappa shape index (κ1) is 21.6. The van der Waals surface area contributed by atoms with Crippen LogP contribution in [-0.2, 0) is 14.4 Å². The predicted octanol–water partition coefficient (Wildman–Crippen LogP) is 1.43. The zero-order chi connectivity index (χ0) is 21.3. The van der Waals surface area contributed by atoms with Gasteiger partial charge in [0.2, 0.25) is 17.7 Å². The number of piperidine rings is 3. The van der Waals surface area contributed by atoms with Crippen molar-refractivity contribution in [3.8, 4) is 0 Å². The van der Waals surface area contributed by atoms with Crippen LogP contribution in [-0.4, -0.2) is 96.7 Å². The number of carbonyl (C=O) groups excluding carboxylic acids is 3. The summed E-state index contributed by atoms with van der Waals surface area (Å²) in [6, 6.07) is 0. The van der Waals surface area contributed by atoms with Crippen molar-refractivity contribution in [1.29, 1.82) is 0 Å². The van der Waals surface area contributed by atoms with Gasteiger partial charge in [0, 0.05) is 45.7 Å². The molecule has 4 heterocycles. The minimum atomic E-state index is -0.168. The van der Waals surface area contributed by atoms with Crippen LogP contribution in [0.25, 0.3) is 0 Å². The van der Waals surface area contributed by atoms with Crippen molar-refractivity contribution in [1.82, 2.24) is 19.6 Å². The molecule has 0 bridgehead atoms. The molecule has 1 unspecified atom stereocenters. The molecule has 3 amide bonds. The molecule has 4 aliphatic heterocycles. The first-order valence-electron chi connectivity index (χ1n) is 11.9. The number of carbonyl (C=O) groups is 3. The lowest BCUT2D eigenvalue weighted by Gasteiger charge is -2.39. The van der Waals surface area contributed by atoms with E-state index in [1.807, 2.05) is 16.8 Å². The Bertz CT molecular complexity index is 665. The Morgan fingerprint density at radius 2 is 1.60 bits per heavy atom. The topological polar surface area (TPSA) is 64.2 Å². The van der Waals surface area contributed by atoms with Crippen molar-refractivity contribution in [3.63, 3.8) is 0 Å². The summed E-state index contributed by atoms with van der Waals surface area (Å²) in [5.41, 5.74) is -0.168. The number of amides is 3. The van der Waals surface area contributed by atoms with E-state index in [1.165, 1.54) is 6.42 Å². The molecule has 4 fully saturated rings. The minimum absolute atomic E-state index is 0.0829. The van der Waals surface area contributed by atoms with Gasteiger partial charge in [-0.3, -0.25) is 19.3 Å². The molecule has 168 valence electrons. The fraction of sp³-hybridized carbons (Fsp3) is 0.870. The van der Waals surface area contributed by atoms with E-state index in [1.54, 1.807) is 0 Å². The molecule has 4 rings (SSSR count). The van der Waals surface area contributed by atoms with Crippen LogP contribution in [0.3, 0.4) is 0 Å². The van der Waals surface area contributed by atoms with Gasteiger partial charge in [-0.25, -0.2) is 0 Å². The number of hydrogen-bond donors (Lipinski definition) is 0. The normalized spacial score (nSPS) is 28.4. The molecule has 4 aliphatic rings. The van der Waals surface area contributed by atoms with Crippen molar-refractivity contribution in [2.75, 3.05) is 59.4 Å². The Hall–Kier alpha value is -1.63. The molecule has 30 heavy (non-hydrogen) atoms. The van der Waals surface area contributed by atoms with Gasteiger partial charge in [0.05, 0.1) is 12.0 Å². The maximum Gasteiger partial charge on any atom is 0.236 e. The van der Waals surface area contributed by atoms with E-state index in [9.17, 15) is 14.4 Å². The van der Waals surface area contributed by atoms with E-state index in [0.717, 1.165) is 71.2 Å². The average Bonchev–Trinajstić information content (AvgIpc) is 3.03. The van der Waals surface area contributed by atoms with Crippen LogP contribution < -0.4 is 0 Å². The van der Waals surface area contributed by atoms with Gasteiger partial charge in [-0.15, -0.1) is 0 Å². The highest BCUT2D eigenvalue weighted by molar-refractivity contribution is 5.85. The highest BCUT2D eigenvalue weighted by Crippen LogP contribution is 2.40. The van der Waals surface area contributed by atoms with Gasteiger partial charge < -0.3 is 14.7 Å². The molecule has 0 N–H and O–H groups in total. The Balaban J connectivity index is 1.21. The van der Waals surface area contributed by atoms with Gasteiger partial charge in [-0.2, -0.15) is 0 Å². The second-order valence-corrected chi connectivity index (χ2v) is 10.2. The summed E-state index contributed by atoms with van der Waals surface area (Å²) in [6.07, 6.45) is 6.62. The summed E-state index contributed by atoms with van der Waals surface area (Å²) in [5, 5.41) is 0. The van der Waals surface area contributed by atoms with Crippen molar-refractivity contribution in [3.05, 3.63) is 0 Å². The third-order valence-electron chi connectivity index (χ3n) is 8.06. The van der Waals surface area contributed by atoms with Gasteiger partial charge in [-0.05, 0) is 64.0 Å². The summed E-state index contributed by atoms with van der Waals surface area (Å²) < 4.78 is 0. The van der Waals surface area contributed by atoms with Crippen LogP contribution >= 0.6 is 0 Å². The highest BCUT2D eigenvalue weighted by atomic mass is 16.2. The van der Waals surface area contributed by atoms with Gasteiger partial charge >= 0.3 is 0 Å². The van der Waals surface area contributed by atoms with Crippen LogP contribution in [0, 0.1) is 17.3 Å². The maximum atomic E-state index is 12.8. The molecule has 0 aromatic carbocycles. The largest absolute Gasteiger partial charge is 0.345 e. The lowest BCUT2D eigenvalue weighted by Crippen LogP contribution is -2.50. The molecule has 7 heteroatoms. The molecular formula is C23H38N4O3.